The van der Waals surface area contributed by atoms with Crippen molar-refractivity contribution in [2.24, 2.45) is 5.16 Å². The van der Waals surface area contributed by atoms with Crippen LogP contribution in [0.1, 0.15) is 50.0 Å². The second-order valence-corrected chi connectivity index (χ2v) is 8.75. The summed E-state index contributed by atoms with van der Waals surface area (Å²) in [5.41, 5.74) is 1.60. The van der Waals surface area contributed by atoms with Crippen LogP contribution < -0.4 is 11.1 Å². The quantitative estimate of drug-likeness (QED) is 0.328. The number of nitrogens with one attached hydrogen (secondary N) is 1. The van der Waals surface area contributed by atoms with Crippen molar-refractivity contribution in [1.29, 1.82) is 0 Å². The molecule has 1 aliphatic rings. The molecule has 4 N–H and O–H groups in total. The van der Waals surface area contributed by atoms with E-state index in [-0.39, 0.29) is 16.9 Å². The maximum atomic E-state index is 14.0. The Labute approximate surface area is 192 Å². The molecule has 1 aliphatic heterocycles. The van der Waals surface area contributed by atoms with Crippen molar-refractivity contribution in [3.8, 4) is 0 Å². The first-order valence-electron chi connectivity index (χ1n) is 10.2. The number of hydrogen-bond acceptors (Lipinski definition) is 6. The molecule has 2 unspecified atom stereocenters. The van der Waals surface area contributed by atoms with E-state index >= 15 is 0 Å². The first-order valence-corrected chi connectivity index (χ1v) is 10.2. The van der Waals surface area contributed by atoms with Crippen LogP contribution in [0.25, 0.3) is 0 Å². The van der Waals surface area contributed by atoms with E-state index in [9.17, 15) is 32.3 Å². The maximum Gasteiger partial charge on any atom is 0.426 e. The number of rotatable bonds is 6. The fourth-order valence-electron chi connectivity index (χ4n) is 3.93. The number of aliphatic hydroxyl groups is 1. The van der Waals surface area contributed by atoms with Gasteiger partial charge in [-0.25, -0.2) is 4.39 Å². The van der Waals surface area contributed by atoms with Crippen molar-refractivity contribution < 1.29 is 37.1 Å². The Balaban J connectivity index is 1.95. The Morgan fingerprint density at radius 2 is 1.91 bits per heavy atom. The summed E-state index contributed by atoms with van der Waals surface area (Å²) in [7, 11) is 0. The number of fused-ring (bicyclic) bond motifs is 1. The molecule has 0 radical (unpaired) electrons. The molecule has 2 aromatic rings. The number of nitrogens with zero attached hydrogens (tertiary/aromatic N) is 1. The topological polar surface area (TPSA) is 114 Å². The molecular weight excluding hydrogens is 458 g/mol. The van der Waals surface area contributed by atoms with Crippen LogP contribution in [-0.2, 0) is 19.8 Å². The van der Waals surface area contributed by atoms with E-state index in [2.05, 4.69) is 10.5 Å². The normalized spacial score (nSPS) is 17.6. The zero-order valence-corrected chi connectivity index (χ0v) is 18.5. The lowest BCUT2D eigenvalue weighted by Crippen LogP contribution is -2.57. The van der Waals surface area contributed by atoms with Crippen molar-refractivity contribution in [2.75, 3.05) is 11.1 Å². The fourth-order valence-corrected chi connectivity index (χ4v) is 3.93. The molecule has 0 saturated carbocycles. The molecule has 11 heteroatoms. The lowest BCUT2D eigenvalue weighted by Gasteiger charge is -2.37. The Hall–Kier alpha value is -3.47. The zero-order chi connectivity index (χ0) is 25.5. The second-order valence-electron chi connectivity index (χ2n) is 8.75. The van der Waals surface area contributed by atoms with Crippen molar-refractivity contribution in [3.05, 3.63) is 58.9 Å². The summed E-state index contributed by atoms with van der Waals surface area (Å²) in [5, 5.41) is 16.5. The fraction of sp³-hybridized carbons (Fsp3) is 0.348. The van der Waals surface area contributed by atoms with E-state index in [1.807, 2.05) is 0 Å². The number of nitrogens with two attached hydrogens (primary N) is 1. The summed E-state index contributed by atoms with van der Waals surface area (Å²) < 4.78 is 55.8. The number of hydrogen-bond donors (Lipinski definition) is 3. The molecule has 1 heterocycles. The van der Waals surface area contributed by atoms with E-state index in [0.717, 1.165) is 12.1 Å². The lowest BCUT2D eigenvalue weighted by atomic mass is 9.74. The minimum absolute atomic E-state index is 0.0171. The molecule has 0 fully saturated rings. The molecule has 34 heavy (non-hydrogen) atoms. The van der Waals surface area contributed by atoms with Gasteiger partial charge in [0.05, 0.1) is 5.71 Å². The van der Waals surface area contributed by atoms with Crippen LogP contribution in [0, 0.1) is 5.82 Å². The van der Waals surface area contributed by atoms with Gasteiger partial charge in [-0.05, 0) is 48.2 Å². The van der Waals surface area contributed by atoms with Crippen LogP contribution in [0.15, 0.2) is 41.6 Å². The summed E-state index contributed by atoms with van der Waals surface area (Å²) >= 11 is 0. The number of anilines is 2. The summed E-state index contributed by atoms with van der Waals surface area (Å²) in [6.07, 6.45) is -6.98. The number of oxime groups is 1. The van der Waals surface area contributed by atoms with Crippen LogP contribution >= 0.6 is 0 Å². The smallest absolute Gasteiger partial charge is 0.398 e. The molecule has 0 spiro atoms. The molecule has 0 aliphatic carbocycles. The number of nitrogen functional groups attached to an aromatic ring is 1. The van der Waals surface area contributed by atoms with E-state index in [1.165, 1.54) is 38.1 Å². The third-order valence-electron chi connectivity index (χ3n) is 5.72. The Morgan fingerprint density at radius 1 is 1.24 bits per heavy atom. The number of carbonyl (C=O) groups excluding carboxylic acids is 2. The largest absolute Gasteiger partial charge is 0.426 e. The molecule has 0 aromatic heterocycles. The Kier molecular flexibility index (Phi) is 6.45. The number of aldehydes is 1. The van der Waals surface area contributed by atoms with Crippen LogP contribution in [0.2, 0.25) is 0 Å². The van der Waals surface area contributed by atoms with Gasteiger partial charge in [0.1, 0.15) is 5.82 Å². The van der Waals surface area contributed by atoms with Gasteiger partial charge in [-0.15, -0.1) is 0 Å². The maximum absolute atomic E-state index is 14.0. The van der Waals surface area contributed by atoms with Gasteiger partial charge in [-0.1, -0.05) is 25.1 Å². The third-order valence-corrected chi connectivity index (χ3v) is 5.72. The number of carbonyl (C=O) groups is 2. The van der Waals surface area contributed by atoms with Crippen LogP contribution in [-0.4, -0.2) is 34.8 Å². The minimum atomic E-state index is -5.36. The standard InChI is InChI=1S/C23H23F4N3O4/c1-12-16-9-14(5-6-15(16)19(10-31)34-30-12)29-20(32)22(33,23(25,26)27)11-21(2,3)17-8-13(24)4-7-18(17)28/h4-10,19,33H,11,28H2,1-3H3,(H,29,32). The molecule has 7 nitrogen and oxygen atoms in total. The average Bonchev–Trinajstić information content (AvgIpc) is 2.74. The summed E-state index contributed by atoms with van der Waals surface area (Å²) in [4.78, 5) is 29.0. The molecule has 3 rings (SSSR count). The molecule has 182 valence electrons. The van der Waals surface area contributed by atoms with Crippen molar-refractivity contribution in [3.63, 3.8) is 0 Å². The van der Waals surface area contributed by atoms with Gasteiger partial charge >= 0.3 is 6.18 Å². The van der Waals surface area contributed by atoms with Gasteiger partial charge in [0.15, 0.2) is 6.29 Å². The number of alkyl halides is 3. The van der Waals surface area contributed by atoms with Crippen molar-refractivity contribution >= 4 is 29.3 Å². The molecule has 0 bridgehead atoms. The van der Waals surface area contributed by atoms with E-state index in [0.29, 0.717) is 23.1 Å². The average molecular weight is 481 g/mol. The predicted molar refractivity (Wildman–Crippen MR) is 117 cm³/mol. The first-order chi connectivity index (χ1) is 15.7. The number of benzene rings is 2. The molecule has 2 atom stereocenters. The van der Waals surface area contributed by atoms with Gasteiger partial charge < -0.3 is 21.0 Å². The van der Waals surface area contributed by atoms with Crippen molar-refractivity contribution in [2.45, 2.75) is 50.5 Å². The van der Waals surface area contributed by atoms with Gasteiger partial charge in [-0.2, -0.15) is 13.2 Å². The first kappa shape index (κ1) is 25.2. The highest BCUT2D eigenvalue weighted by Gasteiger charge is 2.61. The van der Waals surface area contributed by atoms with Gasteiger partial charge in [0.25, 0.3) is 5.91 Å². The highest BCUT2D eigenvalue weighted by atomic mass is 19.4. The predicted octanol–water partition coefficient (Wildman–Crippen LogP) is 4.00. The minimum Gasteiger partial charge on any atom is -0.398 e. The third kappa shape index (κ3) is 4.60. The molecular formula is C23H23F4N3O4. The van der Waals surface area contributed by atoms with E-state index < -0.39 is 41.4 Å². The highest BCUT2D eigenvalue weighted by Crippen LogP contribution is 2.43. The van der Waals surface area contributed by atoms with Gasteiger partial charge in [-0.3, -0.25) is 9.59 Å². The molecule has 2 aromatic carbocycles. The summed E-state index contributed by atoms with van der Waals surface area (Å²) in [5.74, 6) is -2.45. The lowest BCUT2D eigenvalue weighted by molar-refractivity contribution is -0.254. The number of amides is 1. The Bertz CT molecular complexity index is 1160. The van der Waals surface area contributed by atoms with Crippen LogP contribution in [0.3, 0.4) is 0 Å². The van der Waals surface area contributed by atoms with Crippen LogP contribution in [0.5, 0.6) is 0 Å². The molecule has 1 amide bonds. The van der Waals surface area contributed by atoms with Crippen LogP contribution in [0.4, 0.5) is 28.9 Å². The second kappa shape index (κ2) is 8.71. The van der Waals surface area contributed by atoms with Gasteiger partial charge in [0, 0.05) is 28.9 Å². The van der Waals surface area contributed by atoms with Gasteiger partial charge in [0.2, 0.25) is 11.7 Å². The Morgan fingerprint density at radius 3 is 2.53 bits per heavy atom. The zero-order valence-electron chi connectivity index (χ0n) is 18.5. The monoisotopic (exact) mass is 481 g/mol. The summed E-state index contributed by atoms with van der Waals surface area (Å²) in [6.45, 7) is 4.20. The molecule has 0 saturated heterocycles. The summed E-state index contributed by atoms with van der Waals surface area (Å²) in [6, 6.07) is 7.25. The number of halogens is 4. The van der Waals surface area contributed by atoms with E-state index in [1.54, 1.807) is 6.92 Å². The highest BCUT2D eigenvalue weighted by molar-refractivity contribution is 6.04. The van der Waals surface area contributed by atoms with E-state index in [4.69, 9.17) is 10.6 Å². The van der Waals surface area contributed by atoms with Crippen molar-refractivity contribution in [1.82, 2.24) is 0 Å². The SMILES string of the molecule is CC1=NOC(C=O)c2ccc(NC(=O)C(O)(CC(C)(C)c3cc(F)ccc3N)C(F)(F)F)cc21.